The molecular weight excluding hydrogens is 609 g/mol. The molecule has 4 heteroatoms. The molecule has 50 heavy (non-hydrogen) atoms. The lowest BCUT2D eigenvalue weighted by Crippen LogP contribution is -2.01. The van der Waals surface area contributed by atoms with Crippen molar-refractivity contribution in [3.63, 3.8) is 0 Å². The molecule has 7 aromatic carbocycles. The summed E-state index contributed by atoms with van der Waals surface area (Å²) in [4.78, 5) is 9.97. The minimum Gasteiger partial charge on any atom is -0.309 e. The summed E-state index contributed by atoms with van der Waals surface area (Å²) in [6.07, 6.45) is 3.88. The van der Waals surface area contributed by atoms with E-state index in [9.17, 15) is 0 Å². The van der Waals surface area contributed by atoms with E-state index in [1.807, 2.05) is 18.5 Å². The molecular formula is C46H30N4. The number of aromatic nitrogens is 4. The van der Waals surface area contributed by atoms with Gasteiger partial charge in [0.15, 0.2) is 0 Å². The Kier molecular flexibility index (Phi) is 6.46. The third-order valence-electron chi connectivity index (χ3n) is 9.84. The number of para-hydroxylation sites is 2. The van der Waals surface area contributed by atoms with E-state index in [1.165, 1.54) is 49.3 Å². The Hall–Kier alpha value is -6.78. The van der Waals surface area contributed by atoms with Gasteiger partial charge >= 0.3 is 0 Å². The summed E-state index contributed by atoms with van der Waals surface area (Å²) in [5, 5.41) is 4.81. The van der Waals surface area contributed by atoms with Gasteiger partial charge in [0, 0.05) is 45.2 Å². The Morgan fingerprint density at radius 1 is 0.300 bits per heavy atom. The number of benzene rings is 7. The molecule has 0 saturated carbocycles. The van der Waals surface area contributed by atoms with Gasteiger partial charge in [0.1, 0.15) is 0 Å². The van der Waals surface area contributed by atoms with E-state index in [2.05, 4.69) is 173 Å². The third kappa shape index (κ3) is 4.54. The lowest BCUT2D eigenvalue weighted by molar-refractivity contribution is 0.990. The van der Waals surface area contributed by atoms with E-state index < -0.39 is 0 Å². The third-order valence-corrected chi connectivity index (χ3v) is 9.84. The lowest BCUT2D eigenvalue weighted by Gasteiger charge is -2.11. The minimum absolute atomic E-state index is 0.647. The van der Waals surface area contributed by atoms with Crippen LogP contribution in [0.1, 0.15) is 0 Å². The zero-order chi connectivity index (χ0) is 33.0. The second-order valence-electron chi connectivity index (χ2n) is 12.7. The van der Waals surface area contributed by atoms with Crippen molar-refractivity contribution in [2.24, 2.45) is 0 Å². The molecule has 10 rings (SSSR count). The molecule has 0 atom stereocenters. The second-order valence-corrected chi connectivity index (χ2v) is 12.7. The van der Waals surface area contributed by atoms with Crippen LogP contribution in [0.15, 0.2) is 182 Å². The molecule has 10 aromatic rings. The van der Waals surface area contributed by atoms with Crippen LogP contribution in [-0.4, -0.2) is 19.1 Å². The molecule has 0 aliphatic carbocycles. The van der Waals surface area contributed by atoms with Crippen molar-refractivity contribution in [3.8, 4) is 45.0 Å². The van der Waals surface area contributed by atoms with Crippen LogP contribution in [0.5, 0.6) is 0 Å². The van der Waals surface area contributed by atoms with E-state index in [4.69, 9.17) is 9.97 Å². The first-order chi connectivity index (χ1) is 24.8. The monoisotopic (exact) mass is 638 g/mol. The van der Waals surface area contributed by atoms with Crippen LogP contribution < -0.4 is 0 Å². The highest BCUT2D eigenvalue weighted by molar-refractivity contribution is 6.19. The fraction of sp³-hybridized carbons (Fsp3) is 0. The van der Waals surface area contributed by atoms with Gasteiger partial charge < -0.3 is 4.57 Å². The van der Waals surface area contributed by atoms with Crippen LogP contribution in [0.3, 0.4) is 0 Å². The van der Waals surface area contributed by atoms with Gasteiger partial charge in [-0.2, -0.15) is 0 Å². The van der Waals surface area contributed by atoms with Gasteiger partial charge in [-0.25, -0.2) is 9.97 Å². The predicted molar refractivity (Wildman–Crippen MR) is 207 cm³/mol. The zero-order valence-electron chi connectivity index (χ0n) is 27.1. The number of nitrogens with zero attached hydrogens (tertiary/aromatic N) is 4. The van der Waals surface area contributed by atoms with Crippen LogP contribution in [0, 0.1) is 0 Å². The standard InChI is InChI=1S/C46H30N4/c1-3-12-31(13-4-1)33-22-24-37(25-23-33)49-42-20-9-7-18-38(42)40-27-41-39-19-8-10-21-43(39)50(45(41)28-44(40)49)46-47-29-36(30-48-46)35-17-11-16-34(26-35)32-14-5-2-6-15-32/h1-30H. The van der Waals surface area contributed by atoms with E-state index >= 15 is 0 Å². The summed E-state index contributed by atoms with van der Waals surface area (Å²) in [7, 11) is 0. The number of rotatable bonds is 5. The summed E-state index contributed by atoms with van der Waals surface area (Å²) in [6.45, 7) is 0. The van der Waals surface area contributed by atoms with E-state index in [-0.39, 0.29) is 0 Å². The first-order valence-corrected chi connectivity index (χ1v) is 16.9. The maximum absolute atomic E-state index is 4.99. The molecule has 0 aliphatic heterocycles. The Labute approximate surface area is 289 Å². The fourth-order valence-corrected chi connectivity index (χ4v) is 7.45. The van der Waals surface area contributed by atoms with Crippen LogP contribution in [0.25, 0.3) is 88.6 Å². The number of hydrogen-bond donors (Lipinski definition) is 0. The Morgan fingerprint density at radius 3 is 1.42 bits per heavy atom. The van der Waals surface area contributed by atoms with Gasteiger partial charge in [-0.05, 0) is 70.3 Å². The molecule has 234 valence electrons. The molecule has 3 aromatic heterocycles. The Bertz CT molecular complexity index is 2830. The van der Waals surface area contributed by atoms with Crippen molar-refractivity contribution in [2.45, 2.75) is 0 Å². The average Bonchev–Trinajstić information content (AvgIpc) is 3.70. The zero-order valence-corrected chi connectivity index (χ0v) is 27.1. The Balaban J connectivity index is 1.14. The van der Waals surface area contributed by atoms with Crippen LogP contribution in [-0.2, 0) is 0 Å². The topological polar surface area (TPSA) is 35.6 Å². The maximum atomic E-state index is 4.99. The van der Waals surface area contributed by atoms with Gasteiger partial charge in [-0.15, -0.1) is 0 Å². The lowest BCUT2D eigenvalue weighted by atomic mass is 10.0. The molecule has 0 spiro atoms. The van der Waals surface area contributed by atoms with Crippen LogP contribution in [0.2, 0.25) is 0 Å². The highest BCUT2D eigenvalue weighted by Gasteiger charge is 2.19. The van der Waals surface area contributed by atoms with Gasteiger partial charge in [-0.3, -0.25) is 4.57 Å². The molecule has 4 nitrogen and oxygen atoms in total. The van der Waals surface area contributed by atoms with Crippen LogP contribution in [0.4, 0.5) is 0 Å². The van der Waals surface area contributed by atoms with Gasteiger partial charge in [-0.1, -0.05) is 127 Å². The van der Waals surface area contributed by atoms with Crippen molar-refractivity contribution in [1.29, 1.82) is 0 Å². The molecule has 0 aliphatic rings. The van der Waals surface area contributed by atoms with Gasteiger partial charge in [0.2, 0.25) is 5.95 Å². The molecule has 0 amide bonds. The van der Waals surface area contributed by atoms with E-state index in [0.717, 1.165) is 33.4 Å². The highest BCUT2D eigenvalue weighted by atomic mass is 15.1. The average molecular weight is 639 g/mol. The first-order valence-electron chi connectivity index (χ1n) is 16.9. The molecule has 3 heterocycles. The SMILES string of the molecule is c1ccc(-c2ccc(-n3c4ccccc4c4cc5c6ccccc6n(-c6ncc(-c7cccc(-c8ccccc8)c7)cn6)c5cc43)cc2)cc1. The second kappa shape index (κ2) is 11.4. The van der Waals surface area contributed by atoms with E-state index in [1.54, 1.807) is 0 Å². The predicted octanol–water partition coefficient (Wildman–Crippen LogP) is 11.7. The summed E-state index contributed by atoms with van der Waals surface area (Å²) >= 11 is 0. The van der Waals surface area contributed by atoms with Gasteiger partial charge in [0.25, 0.3) is 0 Å². The van der Waals surface area contributed by atoms with Crippen molar-refractivity contribution < 1.29 is 0 Å². The summed E-state index contributed by atoms with van der Waals surface area (Å²) in [5.74, 6) is 0.647. The smallest absolute Gasteiger partial charge is 0.234 e. The van der Waals surface area contributed by atoms with E-state index in [0.29, 0.717) is 5.95 Å². The largest absolute Gasteiger partial charge is 0.309 e. The molecule has 0 fully saturated rings. The summed E-state index contributed by atoms with van der Waals surface area (Å²) in [5.41, 5.74) is 12.4. The maximum Gasteiger partial charge on any atom is 0.234 e. The van der Waals surface area contributed by atoms with Crippen molar-refractivity contribution in [3.05, 3.63) is 182 Å². The molecule has 0 saturated heterocycles. The minimum atomic E-state index is 0.647. The van der Waals surface area contributed by atoms with Crippen molar-refractivity contribution in [2.75, 3.05) is 0 Å². The van der Waals surface area contributed by atoms with Crippen molar-refractivity contribution in [1.82, 2.24) is 19.1 Å². The summed E-state index contributed by atoms with van der Waals surface area (Å²) in [6, 6.07) is 60.3. The van der Waals surface area contributed by atoms with Crippen molar-refractivity contribution >= 4 is 43.6 Å². The number of hydrogen-bond acceptors (Lipinski definition) is 2. The number of fused-ring (bicyclic) bond motifs is 6. The molecule has 0 unspecified atom stereocenters. The molecule has 0 N–H and O–H groups in total. The normalized spacial score (nSPS) is 11.6. The highest BCUT2D eigenvalue weighted by Crippen LogP contribution is 2.39. The fourth-order valence-electron chi connectivity index (χ4n) is 7.45. The quantitative estimate of drug-likeness (QED) is 0.188. The molecule has 0 radical (unpaired) electrons. The Morgan fingerprint density at radius 2 is 0.780 bits per heavy atom. The van der Waals surface area contributed by atoms with Gasteiger partial charge in [0.05, 0.1) is 22.1 Å². The van der Waals surface area contributed by atoms with Crippen LogP contribution >= 0.6 is 0 Å². The molecule has 0 bridgehead atoms. The summed E-state index contributed by atoms with van der Waals surface area (Å²) < 4.78 is 4.58. The first kappa shape index (κ1) is 28.3.